The van der Waals surface area contributed by atoms with Gasteiger partial charge in [0.15, 0.2) is 0 Å². The highest BCUT2D eigenvalue weighted by Crippen LogP contribution is 2.20. The van der Waals surface area contributed by atoms with E-state index in [1.807, 2.05) is 0 Å². The summed E-state index contributed by atoms with van der Waals surface area (Å²) in [6, 6.07) is 5.53. The van der Waals surface area contributed by atoms with Crippen LogP contribution >= 0.6 is 11.6 Å². The Kier molecular flexibility index (Phi) is 8.40. The normalized spacial score (nSPS) is 14.3. The first kappa shape index (κ1) is 21.8. The molecule has 0 aliphatic rings. The molecule has 0 amide bonds. The number of hydrogen-bond donors (Lipinski definition) is 1. The molecule has 26 heavy (non-hydrogen) atoms. The molecule has 0 bridgehead atoms. The predicted octanol–water partition coefficient (Wildman–Crippen LogP) is 2.85. The summed E-state index contributed by atoms with van der Waals surface area (Å²) >= 11 is 5.96. The van der Waals surface area contributed by atoms with Crippen molar-refractivity contribution in [2.24, 2.45) is 15.0 Å². The number of nitrogens with one attached hydrogen (secondary N) is 1. The topological polar surface area (TPSA) is 86.5 Å². The van der Waals surface area contributed by atoms with Gasteiger partial charge in [0.25, 0.3) is 10.0 Å². The monoisotopic (exact) mass is 401 g/mol. The van der Waals surface area contributed by atoms with Crippen molar-refractivity contribution in [1.29, 1.82) is 0 Å². The van der Waals surface area contributed by atoms with E-state index >= 15 is 0 Å². The second kappa shape index (κ2) is 10.0. The number of aliphatic imine (C=N–C) groups is 3. The minimum atomic E-state index is -3.98. The number of nitrogens with zero attached hydrogens (tertiary/aromatic N) is 4. The molecule has 0 spiro atoms. The lowest BCUT2D eigenvalue weighted by atomic mass is 10.3. The average Bonchev–Trinajstić information content (AvgIpc) is 2.59. The molecule has 0 saturated heterocycles. The van der Waals surface area contributed by atoms with Gasteiger partial charge >= 0.3 is 6.09 Å². The number of sulfonamides is 1. The fourth-order valence-electron chi connectivity index (χ4n) is 1.75. The summed E-state index contributed by atoms with van der Waals surface area (Å²) in [5.41, 5.74) is 0. The van der Waals surface area contributed by atoms with Crippen LogP contribution in [-0.4, -0.2) is 51.2 Å². The third-order valence-electron chi connectivity index (χ3n) is 3.20. The van der Waals surface area contributed by atoms with E-state index < -0.39 is 22.2 Å². The first-order chi connectivity index (χ1) is 12.2. The van der Waals surface area contributed by atoms with Gasteiger partial charge in [0.1, 0.15) is 4.90 Å². The van der Waals surface area contributed by atoms with E-state index in [1.165, 1.54) is 29.4 Å². The van der Waals surface area contributed by atoms with Gasteiger partial charge in [0.05, 0.1) is 11.1 Å². The maximum Gasteiger partial charge on any atom is 0.303 e. The molecule has 1 N–H and O–H groups in total. The Balaban J connectivity index is 3.06. The first-order valence-electron chi connectivity index (χ1n) is 7.66. The van der Waals surface area contributed by atoms with Gasteiger partial charge in [-0.2, -0.15) is 4.39 Å². The predicted molar refractivity (Wildman–Crippen MR) is 104 cm³/mol. The molecular formula is C16H21ClFN5O2S. The standard InChI is InChI=1S/C16H21ClFN5O2S/c1-5-19-15(18)21-11-12(3)23(4)16(20-6-2)22-26(24,25)14-10-8-7-9-13(14)17/h6-12H,2,5H2,1,3-4H3,(H,20,22)/b19-15-,21-11-. The second-order valence-electron chi connectivity index (χ2n) is 5.04. The Labute approximate surface area is 158 Å². The fraction of sp³-hybridized carbons (Fsp3) is 0.312. The van der Waals surface area contributed by atoms with Crippen LogP contribution < -0.4 is 4.72 Å². The molecule has 7 nitrogen and oxygen atoms in total. The number of hydrogen-bond acceptors (Lipinski definition) is 4. The number of benzene rings is 1. The molecule has 1 rings (SSSR count). The molecule has 0 heterocycles. The molecule has 10 heteroatoms. The van der Waals surface area contributed by atoms with Crippen molar-refractivity contribution in [3.05, 3.63) is 42.1 Å². The van der Waals surface area contributed by atoms with E-state index in [2.05, 4.69) is 26.3 Å². The SMILES string of the molecule is C=C/N=C(/NS(=O)(=O)c1ccccc1Cl)N(C)C(C)/C=N\C(F)=N/CC. The Morgan fingerprint density at radius 2 is 2.12 bits per heavy atom. The van der Waals surface area contributed by atoms with Gasteiger partial charge in [0, 0.05) is 26.0 Å². The summed E-state index contributed by atoms with van der Waals surface area (Å²) in [7, 11) is -2.40. The third kappa shape index (κ3) is 6.23. The number of rotatable bonds is 6. The van der Waals surface area contributed by atoms with Crippen LogP contribution in [0.2, 0.25) is 5.02 Å². The second-order valence-corrected chi connectivity index (χ2v) is 7.10. The molecule has 142 valence electrons. The van der Waals surface area contributed by atoms with Gasteiger partial charge in [0.2, 0.25) is 5.96 Å². The number of halogens is 2. The van der Waals surface area contributed by atoms with Crippen LogP contribution in [0, 0.1) is 0 Å². The van der Waals surface area contributed by atoms with Crippen LogP contribution in [-0.2, 0) is 10.0 Å². The largest absolute Gasteiger partial charge is 0.337 e. The molecule has 1 aromatic carbocycles. The summed E-state index contributed by atoms with van der Waals surface area (Å²) in [6.45, 7) is 7.11. The van der Waals surface area contributed by atoms with Crippen molar-refractivity contribution in [3.8, 4) is 0 Å². The van der Waals surface area contributed by atoms with E-state index in [4.69, 9.17) is 11.6 Å². The molecule has 0 radical (unpaired) electrons. The molecule has 0 fully saturated rings. The van der Waals surface area contributed by atoms with E-state index in [0.717, 1.165) is 0 Å². The van der Waals surface area contributed by atoms with Crippen molar-refractivity contribution >= 4 is 39.9 Å². The van der Waals surface area contributed by atoms with Crippen LogP contribution in [0.3, 0.4) is 0 Å². The molecule has 1 unspecified atom stereocenters. The first-order valence-corrected chi connectivity index (χ1v) is 9.52. The van der Waals surface area contributed by atoms with Crippen molar-refractivity contribution in [2.75, 3.05) is 13.6 Å². The lowest BCUT2D eigenvalue weighted by molar-refractivity contribution is 0.467. The fourth-order valence-corrected chi connectivity index (χ4v) is 3.32. The third-order valence-corrected chi connectivity index (χ3v) is 5.02. The van der Waals surface area contributed by atoms with Crippen molar-refractivity contribution in [3.63, 3.8) is 0 Å². The molecule has 0 aromatic heterocycles. The number of guanidine groups is 1. The van der Waals surface area contributed by atoms with Crippen molar-refractivity contribution < 1.29 is 12.8 Å². The van der Waals surface area contributed by atoms with Gasteiger partial charge in [-0.1, -0.05) is 30.3 Å². The van der Waals surface area contributed by atoms with E-state index in [9.17, 15) is 12.8 Å². The minimum Gasteiger partial charge on any atom is -0.337 e. The van der Waals surface area contributed by atoms with Crippen LogP contribution in [0.1, 0.15) is 13.8 Å². The van der Waals surface area contributed by atoms with Gasteiger partial charge < -0.3 is 4.90 Å². The van der Waals surface area contributed by atoms with E-state index in [0.29, 0.717) is 0 Å². The van der Waals surface area contributed by atoms with Crippen LogP contribution in [0.5, 0.6) is 0 Å². The Bertz CT molecular complexity index is 824. The summed E-state index contributed by atoms with van der Waals surface area (Å²) in [5, 5.41) is 0.0769. The summed E-state index contributed by atoms with van der Waals surface area (Å²) < 4.78 is 40.8. The molecule has 1 atom stereocenters. The zero-order chi connectivity index (χ0) is 19.7. The van der Waals surface area contributed by atoms with Crippen LogP contribution in [0.4, 0.5) is 4.39 Å². The maximum absolute atomic E-state index is 13.3. The highest BCUT2D eigenvalue weighted by atomic mass is 35.5. The maximum atomic E-state index is 13.3. The van der Waals surface area contributed by atoms with Gasteiger partial charge in [-0.3, -0.25) is 0 Å². The lowest BCUT2D eigenvalue weighted by Crippen LogP contribution is -2.46. The highest BCUT2D eigenvalue weighted by Gasteiger charge is 2.22. The molecule has 0 saturated carbocycles. The quantitative estimate of drug-likeness (QED) is 0.451. The van der Waals surface area contributed by atoms with Gasteiger partial charge in [-0.05, 0) is 26.0 Å². The molecular weight excluding hydrogens is 381 g/mol. The summed E-state index contributed by atoms with van der Waals surface area (Å²) in [6.07, 6.45) is 1.62. The molecule has 0 aliphatic heterocycles. The smallest absolute Gasteiger partial charge is 0.303 e. The highest BCUT2D eigenvalue weighted by molar-refractivity contribution is 7.90. The summed E-state index contributed by atoms with van der Waals surface area (Å²) in [5.74, 6) is -0.0216. The van der Waals surface area contributed by atoms with Crippen molar-refractivity contribution in [2.45, 2.75) is 24.8 Å². The number of amidine groups is 1. The van der Waals surface area contributed by atoms with Crippen molar-refractivity contribution in [1.82, 2.24) is 9.62 Å². The average molecular weight is 402 g/mol. The van der Waals surface area contributed by atoms with E-state index in [-0.39, 0.29) is 22.4 Å². The lowest BCUT2D eigenvalue weighted by Gasteiger charge is -2.25. The summed E-state index contributed by atoms with van der Waals surface area (Å²) in [4.78, 5) is 12.4. The zero-order valence-electron chi connectivity index (χ0n) is 14.7. The molecule has 1 aromatic rings. The Hall–Kier alpha value is -2.26. The van der Waals surface area contributed by atoms with E-state index in [1.54, 1.807) is 33.0 Å². The van der Waals surface area contributed by atoms with Crippen LogP contribution in [0.25, 0.3) is 0 Å². The Morgan fingerprint density at radius 1 is 1.46 bits per heavy atom. The van der Waals surface area contributed by atoms with Gasteiger partial charge in [-0.25, -0.2) is 28.1 Å². The Morgan fingerprint density at radius 3 is 2.69 bits per heavy atom. The minimum absolute atomic E-state index is 0.0216. The zero-order valence-corrected chi connectivity index (χ0v) is 16.3. The molecule has 0 aliphatic carbocycles. The van der Waals surface area contributed by atoms with Crippen LogP contribution in [0.15, 0.2) is 56.9 Å². The van der Waals surface area contributed by atoms with Gasteiger partial charge in [-0.15, -0.1) is 0 Å².